The van der Waals surface area contributed by atoms with E-state index >= 15 is 0 Å². The zero-order valence-corrected chi connectivity index (χ0v) is 17.7. The summed E-state index contributed by atoms with van der Waals surface area (Å²) < 4.78 is 16.2. The second-order valence-corrected chi connectivity index (χ2v) is 8.53. The fraction of sp³-hybridized carbons (Fsp3) is 0.684. The van der Waals surface area contributed by atoms with Crippen molar-refractivity contribution in [1.82, 2.24) is 9.97 Å². The third-order valence-corrected chi connectivity index (χ3v) is 3.62. The Morgan fingerprint density at radius 1 is 1.04 bits per heavy atom. The molecule has 0 aliphatic carbocycles. The fourth-order valence-electron chi connectivity index (χ4n) is 2.45. The lowest BCUT2D eigenvalue weighted by atomic mass is 10.2. The number of carbonyl (C=O) groups excluding carboxylic acids is 2. The molecule has 1 aliphatic rings. The zero-order chi connectivity index (χ0) is 21.1. The molecule has 0 radical (unpaired) electrons. The lowest BCUT2D eigenvalue weighted by Gasteiger charge is -2.30. The number of morpholine rings is 1. The summed E-state index contributed by atoms with van der Waals surface area (Å²) in [4.78, 5) is 37.3. The number of hydrogen-bond donors (Lipinski definition) is 0. The SMILES string of the molecule is Cc1ncc(N2CCOCC2)nc1N(C(=O)OC(C)(C)C)C(=O)OC(C)(C)C. The second-order valence-electron chi connectivity index (χ2n) is 8.53. The quantitative estimate of drug-likeness (QED) is 0.754. The Morgan fingerprint density at radius 2 is 1.54 bits per heavy atom. The maximum atomic E-state index is 12.8. The summed E-state index contributed by atoms with van der Waals surface area (Å²) in [6, 6.07) is 0. The molecule has 0 aromatic carbocycles. The van der Waals surface area contributed by atoms with E-state index in [4.69, 9.17) is 14.2 Å². The molecule has 0 spiro atoms. The topological polar surface area (TPSA) is 94.1 Å². The Balaban J connectivity index is 2.43. The van der Waals surface area contributed by atoms with E-state index in [0.29, 0.717) is 37.8 Å². The molecule has 156 valence electrons. The van der Waals surface area contributed by atoms with Crippen LogP contribution in [-0.2, 0) is 14.2 Å². The zero-order valence-electron chi connectivity index (χ0n) is 17.7. The molecule has 1 saturated heterocycles. The molecule has 2 rings (SSSR count). The highest BCUT2D eigenvalue weighted by Gasteiger charge is 2.35. The summed E-state index contributed by atoms with van der Waals surface area (Å²) in [7, 11) is 0. The first kappa shape index (κ1) is 21.9. The average molecular weight is 394 g/mol. The van der Waals surface area contributed by atoms with Gasteiger partial charge in [0.25, 0.3) is 0 Å². The Labute approximate surface area is 166 Å². The highest BCUT2D eigenvalue weighted by molar-refractivity contribution is 6.09. The van der Waals surface area contributed by atoms with Gasteiger partial charge >= 0.3 is 12.2 Å². The van der Waals surface area contributed by atoms with Crippen molar-refractivity contribution in [2.45, 2.75) is 59.7 Å². The molecular formula is C19H30N4O5. The van der Waals surface area contributed by atoms with E-state index in [9.17, 15) is 9.59 Å². The maximum Gasteiger partial charge on any atom is 0.425 e. The number of aryl methyl sites for hydroxylation is 1. The number of rotatable bonds is 2. The molecule has 28 heavy (non-hydrogen) atoms. The summed E-state index contributed by atoms with van der Waals surface area (Å²) in [5.41, 5.74) is -1.17. The lowest BCUT2D eigenvalue weighted by Crippen LogP contribution is -2.45. The van der Waals surface area contributed by atoms with Crippen molar-refractivity contribution in [3.8, 4) is 0 Å². The minimum atomic E-state index is -0.863. The highest BCUT2D eigenvalue weighted by atomic mass is 16.6. The van der Waals surface area contributed by atoms with Crippen LogP contribution in [0.3, 0.4) is 0 Å². The number of anilines is 2. The molecule has 2 heterocycles. The summed E-state index contributed by atoms with van der Waals surface area (Å²) in [6.07, 6.45) is -0.108. The third-order valence-electron chi connectivity index (χ3n) is 3.62. The molecule has 1 fully saturated rings. The van der Waals surface area contributed by atoms with Gasteiger partial charge in [-0.1, -0.05) is 0 Å². The first-order chi connectivity index (χ1) is 12.9. The van der Waals surface area contributed by atoms with Crippen LogP contribution in [0.2, 0.25) is 0 Å². The van der Waals surface area contributed by atoms with Crippen LogP contribution < -0.4 is 9.80 Å². The van der Waals surface area contributed by atoms with Gasteiger partial charge in [0, 0.05) is 13.1 Å². The van der Waals surface area contributed by atoms with E-state index in [-0.39, 0.29) is 5.82 Å². The van der Waals surface area contributed by atoms with E-state index in [2.05, 4.69) is 9.97 Å². The van der Waals surface area contributed by atoms with Gasteiger partial charge in [-0.15, -0.1) is 0 Å². The molecule has 2 amide bonds. The molecule has 1 aliphatic heterocycles. The number of amides is 2. The smallest absolute Gasteiger partial charge is 0.425 e. The molecule has 9 heteroatoms. The standard InChI is InChI=1S/C19H30N4O5/c1-13-15(21-14(12-20-13)22-8-10-26-11-9-22)23(16(24)27-18(2,3)4)17(25)28-19(5,6)7/h12H,8-11H2,1-7H3. The van der Waals surface area contributed by atoms with Gasteiger partial charge in [0.1, 0.15) is 17.0 Å². The van der Waals surface area contributed by atoms with Crippen molar-refractivity contribution in [2.24, 2.45) is 0 Å². The van der Waals surface area contributed by atoms with Crippen LogP contribution >= 0.6 is 0 Å². The number of aromatic nitrogens is 2. The van der Waals surface area contributed by atoms with Crippen LogP contribution in [0.15, 0.2) is 6.20 Å². The molecule has 1 aromatic rings. The van der Waals surface area contributed by atoms with Crippen molar-refractivity contribution < 1.29 is 23.8 Å². The maximum absolute atomic E-state index is 12.8. The van der Waals surface area contributed by atoms with Crippen LogP contribution in [0.25, 0.3) is 0 Å². The molecule has 1 aromatic heterocycles. The Bertz CT molecular complexity index is 690. The van der Waals surface area contributed by atoms with Crippen molar-refractivity contribution in [1.29, 1.82) is 0 Å². The van der Waals surface area contributed by atoms with Crippen LogP contribution in [0, 0.1) is 6.92 Å². The summed E-state index contributed by atoms with van der Waals surface area (Å²) >= 11 is 0. The van der Waals surface area contributed by atoms with Crippen molar-refractivity contribution in [2.75, 3.05) is 36.1 Å². The van der Waals surface area contributed by atoms with Gasteiger partial charge in [-0.3, -0.25) is 4.98 Å². The van der Waals surface area contributed by atoms with Gasteiger partial charge in [-0.25, -0.2) is 14.6 Å². The first-order valence-electron chi connectivity index (χ1n) is 9.30. The molecule has 0 bridgehead atoms. The molecule has 0 unspecified atom stereocenters. The van der Waals surface area contributed by atoms with Crippen molar-refractivity contribution in [3.05, 3.63) is 11.9 Å². The largest absolute Gasteiger partial charge is 0.443 e. The monoisotopic (exact) mass is 394 g/mol. The normalized spacial score (nSPS) is 15.2. The lowest BCUT2D eigenvalue weighted by molar-refractivity contribution is 0.0428. The van der Waals surface area contributed by atoms with Gasteiger partial charge in [0.2, 0.25) is 0 Å². The third kappa shape index (κ3) is 6.05. The van der Waals surface area contributed by atoms with E-state index < -0.39 is 23.4 Å². The molecular weight excluding hydrogens is 364 g/mol. The van der Waals surface area contributed by atoms with Crippen LogP contribution in [-0.4, -0.2) is 59.7 Å². The van der Waals surface area contributed by atoms with Gasteiger partial charge < -0.3 is 19.1 Å². The van der Waals surface area contributed by atoms with E-state index in [1.807, 2.05) is 4.90 Å². The fourth-order valence-corrected chi connectivity index (χ4v) is 2.45. The Hall–Kier alpha value is -2.42. The highest BCUT2D eigenvalue weighted by Crippen LogP contribution is 2.25. The summed E-state index contributed by atoms with van der Waals surface area (Å²) in [5.74, 6) is 0.647. The van der Waals surface area contributed by atoms with E-state index in [0.717, 1.165) is 4.90 Å². The molecule has 0 N–H and O–H groups in total. The summed E-state index contributed by atoms with van der Waals surface area (Å²) in [5, 5.41) is 0. The van der Waals surface area contributed by atoms with Gasteiger partial charge in [0.05, 0.1) is 25.1 Å². The molecule has 0 atom stereocenters. The van der Waals surface area contributed by atoms with E-state index in [1.54, 1.807) is 54.7 Å². The number of nitrogens with zero attached hydrogens (tertiary/aromatic N) is 4. The van der Waals surface area contributed by atoms with Crippen LogP contribution in [0.4, 0.5) is 21.2 Å². The Kier molecular flexibility index (Phi) is 6.48. The summed E-state index contributed by atoms with van der Waals surface area (Å²) in [6.45, 7) is 14.5. The first-order valence-corrected chi connectivity index (χ1v) is 9.30. The van der Waals surface area contributed by atoms with Crippen LogP contribution in [0.5, 0.6) is 0 Å². The average Bonchev–Trinajstić information content (AvgIpc) is 2.54. The number of carbonyl (C=O) groups is 2. The van der Waals surface area contributed by atoms with Gasteiger partial charge in [0.15, 0.2) is 5.82 Å². The number of hydrogen-bond acceptors (Lipinski definition) is 8. The number of ether oxygens (including phenoxy) is 3. The van der Waals surface area contributed by atoms with Gasteiger partial charge in [-0.05, 0) is 48.5 Å². The van der Waals surface area contributed by atoms with E-state index in [1.165, 1.54) is 0 Å². The second kappa shape index (κ2) is 8.30. The van der Waals surface area contributed by atoms with Crippen LogP contribution in [0.1, 0.15) is 47.2 Å². The van der Waals surface area contributed by atoms with Gasteiger partial charge in [-0.2, -0.15) is 4.90 Å². The minimum Gasteiger partial charge on any atom is -0.443 e. The molecule has 0 saturated carbocycles. The predicted octanol–water partition coefficient (Wildman–Crippen LogP) is 3.30. The molecule has 9 nitrogen and oxygen atoms in total. The number of imide groups is 1. The van der Waals surface area contributed by atoms with Crippen molar-refractivity contribution in [3.63, 3.8) is 0 Å². The Morgan fingerprint density at radius 3 is 2.00 bits per heavy atom. The minimum absolute atomic E-state index is 0.0903. The predicted molar refractivity (Wildman–Crippen MR) is 105 cm³/mol. The van der Waals surface area contributed by atoms with Crippen molar-refractivity contribution >= 4 is 23.8 Å².